The molecular weight excluding hydrogens is 290 g/mol. The Balaban J connectivity index is 1.57. The van der Waals surface area contributed by atoms with Gasteiger partial charge in [0.25, 0.3) is 0 Å². The Hall–Kier alpha value is -2.21. The molecule has 1 amide bonds. The summed E-state index contributed by atoms with van der Waals surface area (Å²) in [5.41, 5.74) is 0.981. The molecule has 1 saturated heterocycles. The number of carbonyl (C=O) groups is 1. The van der Waals surface area contributed by atoms with Crippen molar-refractivity contribution in [2.24, 2.45) is 0 Å². The molecular formula is C17H23N5O. The molecule has 0 spiro atoms. The fourth-order valence-electron chi connectivity index (χ4n) is 2.93. The normalized spacial score (nSPS) is 16.0. The molecule has 0 aliphatic carbocycles. The van der Waals surface area contributed by atoms with E-state index in [1.807, 2.05) is 22.9 Å². The van der Waals surface area contributed by atoms with Gasteiger partial charge < -0.3 is 5.32 Å². The van der Waals surface area contributed by atoms with E-state index in [1.165, 1.54) is 25.7 Å². The van der Waals surface area contributed by atoms with Crippen molar-refractivity contribution in [1.29, 1.82) is 0 Å². The van der Waals surface area contributed by atoms with Gasteiger partial charge in [-0.25, -0.2) is 9.97 Å². The number of amides is 1. The third kappa shape index (κ3) is 4.39. The van der Waals surface area contributed by atoms with Gasteiger partial charge in [-0.1, -0.05) is 18.9 Å². The molecule has 6 heteroatoms. The van der Waals surface area contributed by atoms with E-state index in [4.69, 9.17) is 0 Å². The Bertz CT molecular complexity index is 618. The van der Waals surface area contributed by atoms with Crippen LogP contribution in [0.25, 0.3) is 5.82 Å². The van der Waals surface area contributed by atoms with Gasteiger partial charge in [0.2, 0.25) is 5.91 Å². The summed E-state index contributed by atoms with van der Waals surface area (Å²) in [4.78, 5) is 22.9. The van der Waals surface area contributed by atoms with Gasteiger partial charge in [0.1, 0.15) is 12.1 Å². The second kappa shape index (κ2) is 7.87. The maximum absolute atomic E-state index is 12.2. The molecule has 3 heterocycles. The van der Waals surface area contributed by atoms with Crippen LogP contribution < -0.4 is 5.32 Å². The quantitative estimate of drug-likeness (QED) is 0.913. The third-order valence-electron chi connectivity index (χ3n) is 4.16. The summed E-state index contributed by atoms with van der Waals surface area (Å²) in [7, 11) is 0. The number of imidazole rings is 1. The van der Waals surface area contributed by atoms with E-state index in [9.17, 15) is 4.79 Å². The fraction of sp³-hybridized carbons (Fsp3) is 0.471. The van der Waals surface area contributed by atoms with Gasteiger partial charge in [0.05, 0.1) is 6.54 Å². The summed E-state index contributed by atoms with van der Waals surface area (Å²) in [6.07, 6.45) is 12.0. The average molecular weight is 313 g/mol. The number of likely N-dealkylation sites (tertiary alicyclic amines) is 1. The first-order chi connectivity index (χ1) is 11.3. The van der Waals surface area contributed by atoms with Crippen molar-refractivity contribution < 1.29 is 4.79 Å². The van der Waals surface area contributed by atoms with Gasteiger partial charge in [0.15, 0.2) is 0 Å². The van der Waals surface area contributed by atoms with Crippen LogP contribution in [0.5, 0.6) is 0 Å². The van der Waals surface area contributed by atoms with Crippen molar-refractivity contribution in [2.75, 3.05) is 19.6 Å². The highest BCUT2D eigenvalue weighted by Crippen LogP contribution is 2.11. The van der Waals surface area contributed by atoms with Gasteiger partial charge in [-0.15, -0.1) is 0 Å². The van der Waals surface area contributed by atoms with E-state index in [0.29, 0.717) is 13.1 Å². The number of hydrogen-bond acceptors (Lipinski definition) is 4. The molecule has 23 heavy (non-hydrogen) atoms. The molecule has 6 nitrogen and oxygen atoms in total. The first-order valence-corrected chi connectivity index (χ1v) is 8.24. The van der Waals surface area contributed by atoms with Crippen molar-refractivity contribution in [3.05, 3.63) is 42.6 Å². The molecule has 1 N–H and O–H groups in total. The monoisotopic (exact) mass is 313 g/mol. The summed E-state index contributed by atoms with van der Waals surface area (Å²) in [6, 6.07) is 3.87. The second-order valence-corrected chi connectivity index (χ2v) is 5.92. The summed E-state index contributed by atoms with van der Waals surface area (Å²) >= 11 is 0. The van der Waals surface area contributed by atoms with Crippen LogP contribution in [0.15, 0.2) is 37.1 Å². The highest BCUT2D eigenvalue weighted by atomic mass is 16.2. The SMILES string of the molecule is O=C(CN1CCCCCC1)NCc1cccnc1-n1ccnc1. The largest absolute Gasteiger partial charge is 0.351 e. The lowest BCUT2D eigenvalue weighted by Gasteiger charge is -2.19. The predicted molar refractivity (Wildman–Crippen MR) is 88.1 cm³/mol. The standard InChI is InChI=1S/C17H23N5O/c23-16(13-21-9-3-1-2-4-10-21)20-12-15-6-5-7-19-17(15)22-11-8-18-14-22/h5-8,11,14H,1-4,9-10,12-13H2,(H,20,23). The topological polar surface area (TPSA) is 63.1 Å². The Kier molecular flexibility index (Phi) is 5.37. The van der Waals surface area contributed by atoms with Gasteiger partial charge in [-0.3, -0.25) is 14.3 Å². The van der Waals surface area contributed by atoms with Crippen LogP contribution in [0.3, 0.4) is 0 Å². The van der Waals surface area contributed by atoms with Crippen LogP contribution in [-0.4, -0.2) is 45.0 Å². The fourth-order valence-corrected chi connectivity index (χ4v) is 2.93. The third-order valence-corrected chi connectivity index (χ3v) is 4.16. The van der Waals surface area contributed by atoms with Gasteiger partial charge in [0, 0.05) is 30.7 Å². The minimum Gasteiger partial charge on any atom is -0.351 e. The molecule has 122 valence electrons. The average Bonchev–Trinajstić information content (AvgIpc) is 2.99. The smallest absolute Gasteiger partial charge is 0.234 e. The lowest BCUT2D eigenvalue weighted by molar-refractivity contribution is -0.122. The Labute approximate surface area is 136 Å². The van der Waals surface area contributed by atoms with E-state index >= 15 is 0 Å². The number of carbonyl (C=O) groups excluding carboxylic acids is 1. The van der Waals surface area contributed by atoms with Crippen LogP contribution in [-0.2, 0) is 11.3 Å². The number of aromatic nitrogens is 3. The zero-order valence-corrected chi connectivity index (χ0v) is 13.3. The maximum Gasteiger partial charge on any atom is 0.234 e. The first-order valence-electron chi connectivity index (χ1n) is 8.24. The van der Waals surface area contributed by atoms with Crippen molar-refractivity contribution in [2.45, 2.75) is 32.2 Å². The van der Waals surface area contributed by atoms with Gasteiger partial charge in [-0.05, 0) is 32.0 Å². The summed E-state index contributed by atoms with van der Waals surface area (Å²) < 4.78 is 1.86. The minimum absolute atomic E-state index is 0.0762. The molecule has 0 atom stereocenters. The van der Waals surface area contributed by atoms with Gasteiger partial charge >= 0.3 is 0 Å². The molecule has 1 aliphatic rings. The molecule has 1 fully saturated rings. The van der Waals surface area contributed by atoms with Crippen LogP contribution in [0.1, 0.15) is 31.2 Å². The van der Waals surface area contributed by atoms with Crippen LogP contribution in [0, 0.1) is 0 Å². The molecule has 0 unspecified atom stereocenters. The van der Waals surface area contributed by atoms with E-state index in [1.54, 1.807) is 18.7 Å². The molecule has 1 aliphatic heterocycles. The highest BCUT2D eigenvalue weighted by molar-refractivity contribution is 5.78. The number of hydrogen-bond donors (Lipinski definition) is 1. The zero-order chi connectivity index (χ0) is 15.9. The number of rotatable bonds is 5. The maximum atomic E-state index is 12.2. The molecule has 0 aromatic carbocycles. The number of pyridine rings is 1. The molecule has 0 saturated carbocycles. The lowest BCUT2D eigenvalue weighted by atomic mass is 10.2. The van der Waals surface area contributed by atoms with Crippen molar-refractivity contribution in [1.82, 2.24) is 24.8 Å². The Morgan fingerprint density at radius 2 is 2.00 bits per heavy atom. The molecule has 3 rings (SSSR count). The summed E-state index contributed by atoms with van der Waals surface area (Å²) in [6.45, 7) is 3.02. The molecule has 2 aromatic heterocycles. The van der Waals surface area contributed by atoms with E-state index < -0.39 is 0 Å². The van der Waals surface area contributed by atoms with Crippen molar-refractivity contribution >= 4 is 5.91 Å². The lowest BCUT2D eigenvalue weighted by Crippen LogP contribution is -2.37. The van der Waals surface area contributed by atoms with Crippen LogP contribution in [0.2, 0.25) is 0 Å². The second-order valence-electron chi connectivity index (χ2n) is 5.92. The summed E-state index contributed by atoms with van der Waals surface area (Å²) in [5, 5.41) is 3.01. The molecule has 0 radical (unpaired) electrons. The predicted octanol–water partition coefficient (Wildman–Crippen LogP) is 1.76. The van der Waals surface area contributed by atoms with Crippen LogP contribution >= 0.6 is 0 Å². The Morgan fingerprint density at radius 3 is 2.74 bits per heavy atom. The Morgan fingerprint density at radius 1 is 1.17 bits per heavy atom. The minimum atomic E-state index is 0.0762. The van der Waals surface area contributed by atoms with E-state index in [0.717, 1.165) is 24.5 Å². The summed E-state index contributed by atoms with van der Waals surface area (Å²) in [5.74, 6) is 0.882. The van der Waals surface area contributed by atoms with E-state index in [2.05, 4.69) is 20.2 Å². The zero-order valence-electron chi connectivity index (χ0n) is 13.3. The van der Waals surface area contributed by atoms with Crippen molar-refractivity contribution in [3.8, 4) is 5.82 Å². The van der Waals surface area contributed by atoms with Crippen molar-refractivity contribution in [3.63, 3.8) is 0 Å². The first kappa shape index (κ1) is 15.7. The van der Waals surface area contributed by atoms with E-state index in [-0.39, 0.29) is 5.91 Å². The van der Waals surface area contributed by atoms with Gasteiger partial charge in [-0.2, -0.15) is 0 Å². The molecule has 0 bridgehead atoms. The van der Waals surface area contributed by atoms with Crippen LogP contribution in [0.4, 0.5) is 0 Å². The number of nitrogens with one attached hydrogen (secondary N) is 1. The number of nitrogens with zero attached hydrogens (tertiary/aromatic N) is 4. The highest BCUT2D eigenvalue weighted by Gasteiger charge is 2.13. The molecule has 2 aromatic rings.